The molecule has 2 N–H and O–H groups in total. The number of hydrogen-bond donors (Lipinski definition) is 2. The van der Waals surface area contributed by atoms with Crippen LogP contribution < -0.4 is 20.1 Å². The van der Waals surface area contributed by atoms with Crippen molar-refractivity contribution in [1.82, 2.24) is 0 Å². The van der Waals surface area contributed by atoms with Crippen LogP contribution in [-0.2, 0) is 11.3 Å². The molecular weight excluding hydrogens is 432 g/mol. The molecule has 1 amide bonds. The average molecular weight is 463 g/mol. The molecule has 0 radical (unpaired) electrons. The van der Waals surface area contributed by atoms with Gasteiger partial charge in [0.05, 0.1) is 13.2 Å². The smallest absolute Gasteiger partial charge is 0.224 e. The molecule has 2 aromatic carbocycles. The highest BCUT2D eigenvalue weighted by Gasteiger charge is 2.11. The lowest BCUT2D eigenvalue weighted by atomic mass is 10.1. The molecule has 2 rings (SSSR count). The summed E-state index contributed by atoms with van der Waals surface area (Å²) in [4.78, 5) is 12.0. The van der Waals surface area contributed by atoms with Crippen LogP contribution in [0, 0.1) is 5.92 Å². The number of nitrogens with one attached hydrogen (secondary N) is 2. The van der Waals surface area contributed by atoms with E-state index in [1.54, 1.807) is 0 Å². The predicted octanol–water partition coefficient (Wildman–Crippen LogP) is 6.23. The summed E-state index contributed by atoms with van der Waals surface area (Å²) in [5, 5.41) is 6.36. The summed E-state index contributed by atoms with van der Waals surface area (Å²) in [6.45, 7) is 9.94. The third-order valence-electron chi connectivity index (χ3n) is 4.10. The molecule has 0 bridgehead atoms. The van der Waals surface area contributed by atoms with Crippen LogP contribution in [0.15, 0.2) is 40.9 Å². The summed E-state index contributed by atoms with van der Waals surface area (Å²) >= 11 is 3.64. The van der Waals surface area contributed by atoms with Crippen LogP contribution in [0.3, 0.4) is 0 Å². The van der Waals surface area contributed by atoms with E-state index in [2.05, 4.69) is 33.5 Å². The Morgan fingerprint density at radius 2 is 1.79 bits per heavy atom. The van der Waals surface area contributed by atoms with E-state index >= 15 is 0 Å². The Balaban J connectivity index is 2.08. The highest BCUT2D eigenvalue weighted by Crippen LogP contribution is 2.34. The second kappa shape index (κ2) is 11.7. The molecule has 2 aromatic rings. The van der Waals surface area contributed by atoms with Gasteiger partial charge in [-0.1, -0.05) is 42.8 Å². The van der Waals surface area contributed by atoms with Crippen molar-refractivity contribution >= 4 is 33.2 Å². The van der Waals surface area contributed by atoms with Crippen molar-refractivity contribution in [2.24, 2.45) is 5.92 Å². The molecule has 0 unspecified atom stereocenters. The van der Waals surface area contributed by atoms with Crippen LogP contribution in [-0.4, -0.2) is 19.1 Å². The lowest BCUT2D eigenvalue weighted by molar-refractivity contribution is -0.116. The van der Waals surface area contributed by atoms with Gasteiger partial charge >= 0.3 is 0 Å². The number of ether oxygens (including phenoxy) is 2. The number of rotatable bonds is 11. The molecule has 0 aliphatic carbocycles. The number of hydrogen-bond acceptors (Lipinski definition) is 4. The van der Waals surface area contributed by atoms with Crippen LogP contribution >= 0.6 is 15.9 Å². The summed E-state index contributed by atoms with van der Waals surface area (Å²) < 4.78 is 12.5. The number of carbonyl (C=O) groups excluding carboxylic acids is 1. The zero-order chi connectivity index (χ0) is 21.2. The van der Waals surface area contributed by atoms with E-state index < -0.39 is 0 Å². The minimum absolute atomic E-state index is 0.0314. The van der Waals surface area contributed by atoms with Crippen LogP contribution in [0.25, 0.3) is 0 Å². The maximum absolute atomic E-state index is 12.0. The lowest BCUT2D eigenvalue weighted by Crippen LogP contribution is -2.14. The molecule has 0 aliphatic rings. The van der Waals surface area contributed by atoms with Crippen molar-refractivity contribution in [3.05, 3.63) is 46.4 Å². The molecule has 0 heterocycles. The van der Waals surface area contributed by atoms with Crippen molar-refractivity contribution in [2.45, 2.75) is 47.1 Å². The third-order valence-corrected chi connectivity index (χ3v) is 4.84. The maximum atomic E-state index is 12.0. The largest absolute Gasteiger partial charge is 0.490 e. The zero-order valence-electron chi connectivity index (χ0n) is 17.7. The van der Waals surface area contributed by atoms with Gasteiger partial charge in [-0.2, -0.15) is 0 Å². The standard InChI is InChI=1S/C23H31BrN2O3/c1-5-10-29-22-14-20(24)17(12-21(22)28-6-2)15-25-18-8-7-9-19(13-18)26-23(27)11-16(3)4/h7-9,12-14,16,25H,5-6,10-11,15H2,1-4H3,(H,26,27). The Labute approximate surface area is 182 Å². The topological polar surface area (TPSA) is 59.6 Å². The van der Waals surface area contributed by atoms with E-state index in [-0.39, 0.29) is 5.91 Å². The van der Waals surface area contributed by atoms with Gasteiger partial charge in [0.25, 0.3) is 0 Å². The highest BCUT2D eigenvalue weighted by atomic mass is 79.9. The number of carbonyl (C=O) groups is 1. The van der Waals surface area contributed by atoms with Crippen LogP contribution in [0.4, 0.5) is 11.4 Å². The van der Waals surface area contributed by atoms with Gasteiger partial charge in [-0.15, -0.1) is 0 Å². The molecule has 158 valence electrons. The number of anilines is 2. The summed E-state index contributed by atoms with van der Waals surface area (Å²) in [7, 11) is 0. The SMILES string of the molecule is CCCOc1cc(Br)c(CNc2cccc(NC(=O)CC(C)C)c2)cc1OCC. The third kappa shape index (κ3) is 7.61. The van der Waals surface area contributed by atoms with Crippen molar-refractivity contribution < 1.29 is 14.3 Å². The molecule has 0 fully saturated rings. The number of halogens is 1. The average Bonchev–Trinajstić information content (AvgIpc) is 2.66. The molecule has 0 aromatic heterocycles. The summed E-state index contributed by atoms with van der Waals surface area (Å²) in [6.07, 6.45) is 1.45. The molecule has 5 nitrogen and oxygen atoms in total. The maximum Gasteiger partial charge on any atom is 0.224 e. The van der Waals surface area contributed by atoms with Gasteiger partial charge in [-0.25, -0.2) is 0 Å². The van der Waals surface area contributed by atoms with Crippen molar-refractivity contribution in [3.8, 4) is 11.5 Å². The van der Waals surface area contributed by atoms with Crippen molar-refractivity contribution in [2.75, 3.05) is 23.8 Å². The first-order chi connectivity index (χ1) is 13.9. The Bertz CT molecular complexity index is 809. The van der Waals surface area contributed by atoms with E-state index in [0.717, 1.165) is 39.3 Å². The Morgan fingerprint density at radius 1 is 1.07 bits per heavy atom. The van der Waals surface area contributed by atoms with Gasteiger partial charge in [0, 0.05) is 28.8 Å². The van der Waals surface area contributed by atoms with Crippen molar-refractivity contribution in [3.63, 3.8) is 0 Å². The van der Waals surface area contributed by atoms with E-state index in [4.69, 9.17) is 9.47 Å². The van der Waals surface area contributed by atoms with E-state index in [1.165, 1.54) is 0 Å². The van der Waals surface area contributed by atoms with Gasteiger partial charge in [-0.05, 0) is 55.2 Å². The molecular formula is C23H31BrN2O3. The fraction of sp³-hybridized carbons (Fsp3) is 0.435. The first-order valence-electron chi connectivity index (χ1n) is 10.1. The number of benzene rings is 2. The first kappa shape index (κ1) is 23.1. The summed E-state index contributed by atoms with van der Waals surface area (Å²) in [5.74, 6) is 1.86. The molecule has 0 aliphatic heterocycles. The van der Waals surface area contributed by atoms with Crippen molar-refractivity contribution in [1.29, 1.82) is 0 Å². The Kier molecular flexibility index (Phi) is 9.32. The molecule has 0 saturated carbocycles. The van der Waals surface area contributed by atoms with Gasteiger partial charge in [0.2, 0.25) is 5.91 Å². The van der Waals surface area contributed by atoms with Gasteiger partial charge < -0.3 is 20.1 Å². The fourth-order valence-electron chi connectivity index (χ4n) is 2.79. The Hall–Kier alpha value is -2.21. The molecule has 0 spiro atoms. The molecule has 6 heteroatoms. The fourth-order valence-corrected chi connectivity index (χ4v) is 3.26. The summed E-state index contributed by atoms with van der Waals surface area (Å²) in [6, 6.07) is 11.7. The van der Waals surface area contributed by atoms with Gasteiger partial charge in [-0.3, -0.25) is 4.79 Å². The van der Waals surface area contributed by atoms with E-state index in [0.29, 0.717) is 32.1 Å². The van der Waals surface area contributed by atoms with Crippen LogP contribution in [0.2, 0.25) is 0 Å². The second-order valence-electron chi connectivity index (χ2n) is 7.25. The van der Waals surface area contributed by atoms with E-state index in [1.807, 2.05) is 57.2 Å². The van der Waals surface area contributed by atoms with Crippen LogP contribution in [0.1, 0.15) is 46.1 Å². The molecule has 0 atom stereocenters. The number of amides is 1. The van der Waals surface area contributed by atoms with Gasteiger partial charge in [0.1, 0.15) is 0 Å². The zero-order valence-corrected chi connectivity index (χ0v) is 19.3. The normalized spacial score (nSPS) is 10.7. The van der Waals surface area contributed by atoms with E-state index in [9.17, 15) is 4.79 Å². The highest BCUT2D eigenvalue weighted by molar-refractivity contribution is 9.10. The minimum Gasteiger partial charge on any atom is -0.490 e. The first-order valence-corrected chi connectivity index (χ1v) is 10.9. The lowest BCUT2D eigenvalue weighted by Gasteiger charge is -2.16. The quantitative estimate of drug-likeness (QED) is 0.415. The minimum atomic E-state index is 0.0314. The Morgan fingerprint density at radius 3 is 2.48 bits per heavy atom. The molecule has 0 saturated heterocycles. The predicted molar refractivity (Wildman–Crippen MR) is 123 cm³/mol. The second-order valence-corrected chi connectivity index (χ2v) is 8.11. The molecule has 29 heavy (non-hydrogen) atoms. The monoisotopic (exact) mass is 462 g/mol. The van der Waals surface area contributed by atoms with Crippen LogP contribution in [0.5, 0.6) is 11.5 Å². The van der Waals surface area contributed by atoms with Gasteiger partial charge in [0.15, 0.2) is 11.5 Å². The summed E-state index contributed by atoms with van der Waals surface area (Å²) in [5.41, 5.74) is 2.79.